The van der Waals surface area contributed by atoms with E-state index in [9.17, 15) is 22.0 Å². The average Bonchev–Trinajstić information content (AvgIpc) is 2.73. The first-order valence-electron chi connectivity index (χ1n) is 9.32. The third-order valence-corrected chi connectivity index (χ3v) is 6.82. The first-order valence-corrected chi connectivity index (χ1v) is 10.8. The van der Waals surface area contributed by atoms with Crippen LogP contribution in [-0.2, 0) is 21.2 Å². The molecular formula is C22H18F2N2O3S. The molecule has 0 fully saturated rings. The highest BCUT2D eigenvalue weighted by molar-refractivity contribution is 7.93. The number of aryl methyl sites for hydroxylation is 1. The first-order chi connectivity index (χ1) is 14.3. The van der Waals surface area contributed by atoms with Crippen LogP contribution in [0.15, 0.2) is 65.6 Å². The lowest BCUT2D eigenvalue weighted by Crippen LogP contribution is -2.40. The molecule has 0 bridgehead atoms. The summed E-state index contributed by atoms with van der Waals surface area (Å²) in [5.41, 5.74) is 1.99. The standard InChI is InChI=1S/C22H18F2N2O3S/c1-2-14-10-11-19-16(12-14)15-6-3-4-9-20(15)30(28,29)26(19)13-21(27)25-22-17(23)7-5-8-18(22)24/h3-12H,2,13H2,1H3,(H,25,27). The summed E-state index contributed by atoms with van der Waals surface area (Å²) in [6.07, 6.45) is 0.759. The number of carbonyl (C=O) groups excluding carboxylic acids is 1. The van der Waals surface area contributed by atoms with Gasteiger partial charge in [-0.15, -0.1) is 0 Å². The Labute approximate surface area is 173 Å². The third kappa shape index (κ3) is 3.33. The lowest BCUT2D eigenvalue weighted by atomic mass is 9.99. The summed E-state index contributed by atoms with van der Waals surface area (Å²) in [4.78, 5) is 12.6. The average molecular weight is 428 g/mol. The number of hydrogen-bond donors (Lipinski definition) is 1. The highest BCUT2D eigenvalue weighted by atomic mass is 32.2. The molecule has 1 aliphatic heterocycles. The second kappa shape index (κ2) is 7.53. The van der Waals surface area contributed by atoms with Gasteiger partial charge in [0.1, 0.15) is 23.9 Å². The number of benzene rings is 3. The Kier molecular flexibility index (Phi) is 5.03. The van der Waals surface area contributed by atoms with Crippen LogP contribution in [0.3, 0.4) is 0 Å². The van der Waals surface area contributed by atoms with Crippen LogP contribution in [0.4, 0.5) is 20.2 Å². The molecular weight excluding hydrogens is 410 g/mol. The van der Waals surface area contributed by atoms with E-state index in [1.807, 2.05) is 13.0 Å². The van der Waals surface area contributed by atoms with Gasteiger partial charge in [0, 0.05) is 11.1 Å². The molecule has 0 atom stereocenters. The molecule has 5 nitrogen and oxygen atoms in total. The molecule has 3 aromatic rings. The van der Waals surface area contributed by atoms with E-state index in [2.05, 4.69) is 5.32 Å². The van der Waals surface area contributed by atoms with Gasteiger partial charge in [-0.25, -0.2) is 17.2 Å². The Balaban J connectivity index is 1.76. The number of halogens is 2. The van der Waals surface area contributed by atoms with Gasteiger partial charge in [0.25, 0.3) is 10.0 Å². The van der Waals surface area contributed by atoms with Gasteiger partial charge in [0.2, 0.25) is 5.91 Å². The summed E-state index contributed by atoms with van der Waals surface area (Å²) < 4.78 is 55.2. The molecule has 0 spiro atoms. The van der Waals surface area contributed by atoms with Gasteiger partial charge in [-0.2, -0.15) is 0 Å². The number of anilines is 2. The Bertz CT molecular complexity index is 1240. The van der Waals surface area contributed by atoms with Gasteiger partial charge in [0.05, 0.1) is 10.6 Å². The largest absolute Gasteiger partial charge is 0.320 e. The predicted octanol–water partition coefficient (Wildman–Crippen LogP) is 4.34. The van der Waals surface area contributed by atoms with Crippen LogP contribution in [0.2, 0.25) is 0 Å². The fourth-order valence-electron chi connectivity index (χ4n) is 3.50. The maximum absolute atomic E-state index is 13.9. The molecule has 1 N–H and O–H groups in total. The van der Waals surface area contributed by atoms with Crippen molar-refractivity contribution in [1.82, 2.24) is 0 Å². The van der Waals surface area contributed by atoms with Gasteiger partial charge in [-0.3, -0.25) is 9.10 Å². The molecule has 0 aromatic heterocycles. The fourth-order valence-corrected chi connectivity index (χ4v) is 5.14. The zero-order valence-corrected chi connectivity index (χ0v) is 16.8. The van der Waals surface area contributed by atoms with Gasteiger partial charge < -0.3 is 5.32 Å². The van der Waals surface area contributed by atoms with Crippen molar-refractivity contribution in [1.29, 1.82) is 0 Å². The molecule has 0 aliphatic carbocycles. The summed E-state index contributed by atoms with van der Waals surface area (Å²) in [6, 6.07) is 15.1. The highest BCUT2D eigenvalue weighted by Gasteiger charge is 2.36. The third-order valence-electron chi connectivity index (χ3n) is 5.00. The molecule has 0 unspecified atom stereocenters. The molecule has 30 heavy (non-hydrogen) atoms. The molecule has 8 heteroatoms. The lowest BCUT2D eigenvalue weighted by Gasteiger charge is -2.32. The number of nitrogens with one attached hydrogen (secondary N) is 1. The summed E-state index contributed by atoms with van der Waals surface area (Å²) >= 11 is 0. The number of amides is 1. The van der Waals surface area contributed by atoms with Crippen molar-refractivity contribution in [3.8, 4) is 11.1 Å². The zero-order valence-electron chi connectivity index (χ0n) is 16.0. The Hall–Kier alpha value is -3.26. The van der Waals surface area contributed by atoms with Crippen LogP contribution in [-0.4, -0.2) is 20.9 Å². The van der Waals surface area contributed by atoms with Crippen LogP contribution in [0.1, 0.15) is 12.5 Å². The zero-order chi connectivity index (χ0) is 21.5. The number of para-hydroxylation sites is 1. The smallest absolute Gasteiger partial charge is 0.265 e. The summed E-state index contributed by atoms with van der Waals surface area (Å²) in [6.45, 7) is 1.37. The van der Waals surface area contributed by atoms with Crippen LogP contribution in [0, 0.1) is 11.6 Å². The molecule has 1 aliphatic rings. The van der Waals surface area contributed by atoms with Crippen LogP contribution >= 0.6 is 0 Å². The maximum atomic E-state index is 13.9. The Morgan fingerprint density at radius 2 is 1.67 bits per heavy atom. The van der Waals surface area contributed by atoms with Crippen molar-refractivity contribution in [2.45, 2.75) is 18.2 Å². The Morgan fingerprint density at radius 1 is 0.967 bits per heavy atom. The van der Waals surface area contributed by atoms with E-state index >= 15 is 0 Å². The van der Waals surface area contributed by atoms with Crippen molar-refractivity contribution >= 4 is 27.3 Å². The van der Waals surface area contributed by atoms with Gasteiger partial charge in [-0.1, -0.05) is 37.3 Å². The molecule has 3 aromatic carbocycles. The number of hydrogen-bond acceptors (Lipinski definition) is 3. The number of carbonyl (C=O) groups is 1. The fraction of sp³-hybridized carbons (Fsp3) is 0.136. The van der Waals surface area contributed by atoms with E-state index in [1.54, 1.807) is 30.3 Å². The second-order valence-corrected chi connectivity index (χ2v) is 8.69. The molecule has 4 rings (SSSR count). The van der Waals surface area contributed by atoms with E-state index in [0.717, 1.165) is 28.4 Å². The van der Waals surface area contributed by atoms with Crippen LogP contribution in [0.25, 0.3) is 11.1 Å². The summed E-state index contributed by atoms with van der Waals surface area (Å²) in [5.74, 6) is -2.74. The normalized spacial score (nSPS) is 14.0. The molecule has 0 saturated carbocycles. The van der Waals surface area contributed by atoms with Crippen molar-refractivity contribution in [3.63, 3.8) is 0 Å². The minimum atomic E-state index is -4.04. The molecule has 1 amide bonds. The lowest BCUT2D eigenvalue weighted by molar-refractivity contribution is -0.114. The second-order valence-electron chi connectivity index (χ2n) is 6.86. The highest BCUT2D eigenvalue weighted by Crippen LogP contribution is 2.43. The minimum Gasteiger partial charge on any atom is -0.320 e. The topological polar surface area (TPSA) is 66.5 Å². The summed E-state index contributed by atoms with van der Waals surface area (Å²) in [7, 11) is -4.04. The minimum absolute atomic E-state index is 0.0793. The quantitative estimate of drug-likeness (QED) is 0.672. The monoisotopic (exact) mass is 428 g/mol. The number of fused-ring (bicyclic) bond motifs is 3. The summed E-state index contributed by atoms with van der Waals surface area (Å²) in [5, 5.41) is 2.15. The van der Waals surface area contributed by atoms with Gasteiger partial charge in [-0.05, 0) is 42.3 Å². The number of rotatable bonds is 4. The van der Waals surface area contributed by atoms with E-state index in [1.165, 1.54) is 12.1 Å². The Morgan fingerprint density at radius 3 is 2.37 bits per heavy atom. The number of nitrogens with zero attached hydrogens (tertiary/aromatic N) is 1. The molecule has 0 saturated heterocycles. The van der Waals surface area contributed by atoms with Crippen LogP contribution < -0.4 is 9.62 Å². The van der Waals surface area contributed by atoms with E-state index < -0.39 is 39.8 Å². The van der Waals surface area contributed by atoms with Gasteiger partial charge in [0.15, 0.2) is 0 Å². The molecule has 0 radical (unpaired) electrons. The van der Waals surface area contributed by atoms with Crippen molar-refractivity contribution in [2.75, 3.05) is 16.2 Å². The van der Waals surface area contributed by atoms with Gasteiger partial charge >= 0.3 is 0 Å². The maximum Gasteiger partial charge on any atom is 0.265 e. The van der Waals surface area contributed by atoms with E-state index in [-0.39, 0.29) is 4.90 Å². The van der Waals surface area contributed by atoms with Crippen molar-refractivity contribution in [2.24, 2.45) is 0 Å². The first kappa shape index (κ1) is 20.0. The van der Waals surface area contributed by atoms with E-state index in [0.29, 0.717) is 16.8 Å². The predicted molar refractivity (Wildman–Crippen MR) is 111 cm³/mol. The van der Waals surface area contributed by atoms with Crippen molar-refractivity contribution < 1.29 is 22.0 Å². The molecule has 1 heterocycles. The van der Waals surface area contributed by atoms with E-state index in [4.69, 9.17) is 0 Å². The molecule has 154 valence electrons. The van der Waals surface area contributed by atoms with Crippen LogP contribution in [0.5, 0.6) is 0 Å². The van der Waals surface area contributed by atoms with Crippen molar-refractivity contribution in [3.05, 3.63) is 77.9 Å². The SMILES string of the molecule is CCc1ccc2c(c1)-c1ccccc1S(=O)(=O)N2CC(=O)Nc1c(F)cccc1F. The number of sulfonamides is 1.